The second-order valence-electron chi connectivity index (χ2n) is 9.90. The van der Waals surface area contributed by atoms with Crippen LogP contribution in [0.5, 0.6) is 0 Å². The summed E-state index contributed by atoms with van der Waals surface area (Å²) in [4.78, 5) is 22.8. The molecule has 0 aliphatic carbocycles. The molecule has 2 fully saturated rings. The van der Waals surface area contributed by atoms with E-state index in [-0.39, 0.29) is 30.3 Å². The van der Waals surface area contributed by atoms with Gasteiger partial charge in [-0.2, -0.15) is 0 Å². The third kappa shape index (κ3) is 8.76. The molecule has 7 heteroatoms. The Labute approximate surface area is 204 Å². The van der Waals surface area contributed by atoms with Crippen LogP contribution in [0.3, 0.4) is 0 Å². The van der Waals surface area contributed by atoms with Gasteiger partial charge in [-0.1, -0.05) is 25.0 Å². The van der Waals surface area contributed by atoms with Crippen LogP contribution >= 0.6 is 12.0 Å². The van der Waals surface area contributed by atoms with Crippen molar-refractivity contribution in [2.24, 2.45) is 5.92 Å². The van der Waals surface area contributed by atoms with Gasteiger partial charge >= 0.3 is 11.9 Å². The zero-order chi connectivity index (χ0) is 24.5. The molecular weight excluding hydrogens is 440 g/mol. The van der Waals surface area contributed by atoms with Crippen LogP contribution in [0.25, 0.3) is 0 Å². The maximum absolute atomic E-state index is 11.8. The van der Waals surface area contributed by atoms with Crippen molar-refractivity contribution in [3.8, 4) is 0 Å². The van der Waals surface area contributed by atoms with Gasteiger partial charge in [0.15, 0.2) is 0 Å². The van der Waals surface area contributed by atoms with E-state index < -0.39 is 5.60 Å². The highest BCUT2D eigenvalue weighted by molar-refractivity contribution is 7.94. The fraction of sp³-hybridized carbons (Fsp3) is 0.769. The van der Waals surface area contributed by atoms with Gasteiger partial charge < -0.3 is 18.4 Å². The summed E-state index contributed by atoms with van der Waals surface area (Å²) in [6.07, 6.45) is 10.2. The smallest absolute Gasteiger partial charge is 0.303 e. The maximum atomic E-state index is 11.8. The number of carbonyl (C=O) groups is 2. The first-order chi connectivity index (χ1) is 15.6. The molecule has 0 aromatic rings. The van der Waals surface area contributed by atoms with Crippen molar-refractivity contribution >= 4 is 24.0 Å². The molecule has 0 N–H and O–H groups in total. The van der Waals surface area contributed by atoms with Crippen LogP contribution in [-0.4, -0.2) is 48.2 Å². The van der Waals surface area contributed by atoms with Gasteiger partial charge in [-0.3, -0.25) is 9.59 Å². The maximum Gasteiger partial charge on any atom is 0.303 e. The van der Waals surface area contributed by atoms with E-state index in [9.17, 15) is 9.59 Å². The molecule has 0 aromatic carbocycles. The van der Waals surface area contributed by atoms with Crippen LogP contribution < -0.4 is 0 Å². The zero-order valence-electron chi connectivity index (χ0n) is 21.2. The second kappa shape index (κ2) is 13.0. The summed E-state index contributed by atoms with van der Waals surface area (Å²) >= 11 is 1.59. The standard InChI is InChI=1S/C26H42O6S/c1-19(2)11-14-26(15-17-33-32-26)20(3)8-7-13-25(6)24(31-22(5)28)10-9-23(18-30-25)12-16-29-21(4)27/h11-12,20,24H,7-10,13-18H2,1-6H3/b23-12+/t20?,24-,25+,26?/m1/s1. The number of ether oxygens (including phenoxy) is 3. The average Bonchev–Trinajstić information content (AvgIpc) is 3.17. The Hall–Kier alpha value is -1.31. The number of carbonyl (C=O) groups excluding carboxylic acids is 2. The fourth-order valence-electron chi connectivity index (χ4n) is 4.58. The topological polar surface area (TPSA) is 71.1 Å². The molecule has 0 bridgehead atoms. The fourth-order valence-corrected chi connectivity index (χ4v) is 5.64. The molecule has 2 aliphatic heterocycles. The highest BCUT2D eigenvalue weighted by atomic mass is 32.2. The predicted octanol–water partition coefficient (Wildman–Crippen LogP) is 5.95. The van der Waals surface area contributed by atoms with Gasteiger partial charge in [-0.05, 0) is 88.9 Å². The van der Waals surface area contributed by atoms with Crippen LogP contribution in [-0.2, 0) is 28.0 Å². The van der Waals surface area contributed by atoms with Gasteiger partial charge in [0.1, 0.15) is 18.3 Å². The quantitative estimate of drug-likeness (QED) is 0.216. The van der Waals surface area contributed by atoms with Crippen molar-refractivity contribution in [1.82, 2.24) is 0 Å². The molecule has 33 heavy (non-hydrogen) atoms. The third-order valence-electron chi connectivity index (χ3n) is 6.86. The van der Waals surface area contributed by atoms with Gasteiger partial charge in [0.2, 0.25) is 0 Å². The summed E-state index contributed by atoms with van der Waals surface area (Å²) in [5.41, 5.74) is 1.74. The number of hydrogen-bond donors (Lipinski definition) is 0. The van der Waals surface area contributed by atoms with E-state index in [0.29, 0.717) is 18.9 Å². The molecule has 2 aliphatic rings. The Bertz CT molecular complexity index is 720. The Morgan fingerprint density at radius 3 is 2.61 bits per heavy atom. The minimum atomic E-state index is -0.555. The largest absolute Gasteiger partial charge is 0.462 e. The van der Waals surface area contributed by atoms with E-state index in [0.717, 1.165) is 49.9 Å². The van der Waals surface area contributed by atoms with Crippen LogP contribution in [0.2, 0.25) is 0 Å². The van der Waals surface area contributed by atoms with Crippen molar-refractivity contribution < 1.29 is 28.0 Å². The van der Waals surface area contributed by atoms with Gasteiger partial charge in [-0.25, -0.2) is 0 Å². The lowest BCUT2D eigenvalue weighted by molar-refractivity contribution is -0.168. The highest BCUT2D eigenvalue weighted by Crippen LogP contribution is 2.44. The minimum absolute atomic E-state index is 0.102. The normalized spacial score (nSPS) is 29.9. The predicted molar refractivity (Wildman–Crippen MR) is 132 cm³/mol. The van der Waals surface area contributed by atoms with Crippen LogP contribution in [0.4, 0.5) is 0 Å². The second-order valence-corrected chi connectivity index (χ2v) is 10.7. The first-order valence-electron chi connectivity index (χ1n) is 12.1. The molecule has 6 nitrogen and oxygen atoms in total. The van der Waals surface area contributed by atoms with Crippen molar-refractivity contribution in [2.45, 2.75) is 104 Å². The molecule has 2 rings (SSSR count). The number of esters is 2. The Morgan fingerprint density at radius 2 is 2.00 bits per heavy atom. The van der Waals surface area contributed by atoms with E-state index in [1.54, 1.807) is 12.0 Å². The summed E-state index contributed by atoms with van der Waals surface area (Å²) in [7, 11) is 0. The summed E-state index contributed by atoms with van der Waals surface area (Å²) in [6.45, 7) is 12.2. The van der Waals surface area contributed by atoms with Crippen molar-refractivity contribution in [3.63, 3.8) is 0 Å². The van der Waals surface area contributed by atoms with Gasteiger partial charge in [0, 0.05) is 19.6 Å². The first-order valence-corrected chi connectivity index (χ1v) is 13.0. The molecule has 0 aromatic heterocycles. The molecule has 2 unspecified atom stereocenters. The van der Waals surface area contributed by atoms with Gasteiger partial charge in [-0.15, -0.1) is 0 Å². The number of hydrogen-bond acceptors (Lipinski definition) is 7. The molecule has 0 spiro atoms. The molecule has 0 amide bonds. The van der Waals surface area contributed by atoms with Crippen molar-refractivity contribution in [1.29, 1.82) is 0 Å². The van der Waals surface area contributed by atoms with E-state index >= 15 is 0 Å². The molecule has 2 saturated heterocycles. The van der Waals surface area contributed by atoms with E-state index in [1.165, 1.54) is 19.4 Å². The molecular formula is C26H42O6S. The molecule has 4 atom stereocenters. The van der Waals surface area contributed by atoms with Gasteiger partial charge in [0.05, 0.1) is 12.2 Å². The van der Waals surface area contributed by atoms with E-state index in [1.807, 2.05) is 6.08 Å². The van der Waals surface area contributed by atoms with Gasteiger partial charge in [0.25, 0.3) is 0 Å². The first kappa shape index (κ1) is 27.9. The average molecular weight is 483 g/mol. The van der Waals surface area contributed by atoms with Crippen LogP contribution in [0, 0.1) is 5.92 Å². The number of rotatable bonds is 10. The molecule has 2 heterocycles. The zero-order valence-corrected chi connectivity index (χ0v) is 22.1. The highest BCUT2D eigenvalue weighted by Gasteiger charge is 2.42. The Kier molecular flexibility index (Phi) is 11.0. The summed E-state index contributed by atoms with van der Waals surface area (Å²) in [5.74, 6) is 0.875. The lowest BCUT2D eigenvalue weighted by Gasteiger charge is -2.37. The summed E-state index contributed by atoms with van der Waals surface area (Å²) in [6, 6.07) is 0. The molecule has 0 saturated carbocycles. The van der Waals surface area contributed by atoms with E-state index in [4.69, 9.17) is 18.4 Å². The number of allylic oxidation sites excluding steroid dienone is 1. The molecule has 0 radical (unpaired) electrons. The van der Waals surface area contributed by atoms with E-state index in [2.05, 4.69) is 33.8 Å². The lowest BCUT2D eigenvalue weighted by atomic mass is 9.79. The third-order valence-corrected chi connectivity index (χ3v) is 7.68. The minimum Gasteiger partial charge on any atom is -0.462 e. The Morgan fingerprint density at radius 1 is 1.24 bits per heavy atom. The Balaban J connectivity index is 2.01. The monoisotopic (exact) mass is 482 g/mol. The van der Waals surface area contributed by atoms with Crippen LogP contribution in [0.15, 0.2) is 23.3 Å². The molecule has 188 valence electrons. The summed E-state index contributed by atoms with van der Waals surface area (Å²) in [5, 5.41) is 0. The summed E-state index contributed by atoms with van der Waals surface area (Å²) < 4.78 is 23.3. The van der Waals surface area contributed by atoms with Crippen molar-refractivity contribution in [3.05, 3.63) is 23.3 Å². The lowest BCUT2D eigenvalue weighted by Crippen LogP contribution is -2.44. The SMILES string of the molecule is CC(=O)OC/C=C1\CC[C@@H](OC(C)=O)[C@](C)(CCCC(C)C2(CC=C(C)C)CCSO2)OC1. The van der Waals surface area contributed by atoms with Crippen molar-refractivity contribution in [2.75, 3.05) is 19.0 Å². The van der Waals surface area contributed by atoms with Crippen LogP contribution in [0.1, 0.15) is 86.5 Å².